The van der Waals surface area contributed by atoms with Crippen LogP contribution in [0.1, 0.15) is 26.4 Å². The zero-order valence-electron chi connectivity index (χ0n) is 17.3. The smallest absolute Gasteiger partial charge is 0.337 e. The van der Waals surface area contributed by atoms with Gasteiger partial charge in [0.1, 0.15) is 5.69 Å². The zero-order chi connectivity index (χ0) is 22.3. The monoisotopic (exact) mass is 424 g/mol. The molecule has 1 amide bonds. The Hall–Kier alpha value is -4.52. The lowest BCUT2D eigenvalue weighted by molar-refractivity contribution is 0.0600. The summed E-state index contributed by atoms with van der Waals surface area (Å²) < 4.78 is 4.66. The Bertz CT molecular complexity index is 1240. The molecule has 0 atom stereocenters. The van der Waals surface area contributed by atoms with E-state index in [9.17, 15) is 9.59 Å². The Morgan fingerprint density at radius 3 is 2.25 bits per heavy atom. The van der Waals surface area contributed by atoms with Crippen molar-refractivity contribution >= 4 is 18.1 Å². The van der Waals surface area contributed by atoms with Crippen LogP contribution in [0.3, 0.4) is 0 Å². The number of benzene rings is 3. The molecule has 2 N–H and O–H groups in total. The number of esters is 1. The van der Waals surface area contributed by atoms with E-state index in [0.29, 0.717) is 17.0 Å². The second-order valence-corrected chi connectivity index (χ2v) is 6.92. The number of aromatic nitrogens is 2. The molecule has 0 unspecified atom stereocenters. The maximum Gasteiger partial charge on any atom is 0.337 e. The predicted octanol–water partition coefficient (Wildman–Crippen LogP) is 4.29. The first kappa shape index (κ1) is 20.7. The summed E-state index contributed by atoms with van der Waals surface area (Å²) in [6.45, 7) is 0. The van der Waals surface area contributed by atoms with E-state index < -0.39 is 11.9 Å². The van der Waals surface area contributed by atoms with Crippen molar-refractivity contribution in [2.24, 2.45) is 5.10 Å². The first-order valence-corrected chi connectivity index (χ1v) is 9.87. The highest BCUT2D eigenvalue weighted by Crippen LogP contribution is 2.24. The molecule has 0 saturated heterocycles. The van der Waals surface area contributed by atoms with Crippen molar-refractivity contribution in [3.63, 3.8) is 0 Å². The molecule has 0 aliphatic heterocycles. The van der Waals surface area contributed by atoms with E-state index in [-0.39, 0.29) is 0 Å². The second kappa shape index (κ2) is 9.53. The van der Waals surface area contributed by atoms with Crippen LogP contribution in [0.4, 0.5) is 0 Å². The normalized spacial score (nSPS) is 10.8. The molecule has 0 saturated carbocycles. The molecule has 3 aromatic carbocycles. The number of H-pyrrole nitrogens is 1. The summed E-state index contributed by atoms with van der Waals surface area (Å²) in [6, 6.07) is 26.4. The first-order valence-electron chi connectivity index (χ1n) is 9.87. The fourth-order valence-corrected chi connectivity index (χ4v) is 3.10. The van der Waals surface area contributed by atoms with Crippen molar-refractivity contribution in [1.29, 1.82) is 0 Å². The summed E-state index contributed by atoms with van der Waals surface area (Å²) >= 11 is 0. The van der Waals surface area contributed by atoms with Gasteiger partial charge in [0.25, 0.3) is 5.91 Å². The highest BCUT2D eigenvalue weighted by molar-refractivity contribution is 5.94. The van der Waals surface area contributed by atoms with E-state index in [4.69, 9.17) is 0 Å². The molecule has 1 aromatic heterocycles. The topological polar surface area (TPSA) is 96.4 Å². The quantitative estimate of drug-likeness (QED) is 0.274. The Kier molecular flexibility index (Phi) is 6.17. The third kappa shape index (κ3) is 4.79. The molecule has 158 valence electrons. The van der Waals surface area contributed by atoms with Gasteiger partial charge in [-0.25, -0.2) is 10.2 Å². The minimum Gasteiger partial charge on any atom is -0.465 e. The average Bonchev–Trinajstić information content (AvgIpc) is 3.35. The number of hydrogen-bond donors (Lipinski definition) is 2. The number of hydrazone groups is 1. The van der Waals surface area contributed by atoms with Crippen molar-refractivity contribution in [3.8, 4) is 22.4 Å². The average molecular weight is 424 g/mol. The zero-order valence-corrected chi connectivity index (χ0v) is 17.3. The lowest BCUT2D eigenvalue weighted by atomic mass is 10.0. The van der Waals surface area contributed by atoms with Crippen molar-refractivity contribution in [2.75, 3.05) is 7.11 Å². The Balaban J connectivity index is 1.38. The number of hydrogen-bond acceptors (Lipinski definition) is 5. The lowest BCUT2D eigenvalue weighted by Gasteiger charge is -2.02. The highest BCUT2D eigenvalue weighted by atomic mass is 16.5. The largest absolute Gasteiger partial charge is 0.465 e. The van der Waals surface area contributed by atoms with Gasteiger partial charge in [-0.05, 0) is 34.9 Å². The van der Waals surface area contributed by atoms with E-state index in [1.165, 1.54) is 13.3 Å². The third-order valence-corrected chi connectivity index (χ3v) is 4.82. The SMILES string of the molecule is COC(=O)c1ccc(/C=N\NC(=O)c2cc(-c3ccc(-c4ccccc4)cc3)n[nH]2)cc1. The molecule has 0 aliphatic carbocycles. The number of amides is 1. The van der Waals surface area contributed by atoms with E-state index in [1.54, 1.807) is 30.3 Å². The van der Waals surface area contributed by atoms with E-state index in [2.05, 4.69) is 37.6 Å². The molecule has 0 bridgehead atoms. The Morgan fingerprint density at radius 1 is 0.906 bits per heavy atom. The molecule has 32 heavy (non-hydrogen) atoms. The standard InChI is InChI=1S/C25H20N4O3/c1-32-25(31)21-9-7-17(8-10-21)16-26-29-24(30)23-15-22(27-28-23)20-13-11-19(12-14-20)18-5-3-2-4-6-18/h2-16H,1H3,(H,27,28)(H,29,30)/b26-16-. The van der Waals surface area contributed by atoms with E-state index in [1.807, 2.05) is 42.5 Å². The number of nitrogens with one attached hydrogen (secondary N) is 2. The molecule has 0 fully saturated rings. The van der Waals surface area contributed by atoms with Gasteiger partial charge in [0.15, 0.2) is 0 Å². The van der Waals surface area contributed by atoms with E-state index >= 15 is 0 Å². The highest BCUT2D eigenvalue weighted by Gasteiger charge is 2.11. The minimum atomic E-state index is -0.411. The summed E-state index contributed by atoms with van der Waals surface area (Å²) in [5.74, 6) is -0.821. The molecule has 1 heterocycles. The molecule has 0 radical (unpaired) electrons. The summed E-state index contributed by atoms with van der Waals surface area (Å²) in [5.41, 5.74) is 7.73. The number of rotatable bonds is 6. The minimum absolute atomic E-state index is 0.297. The molecule has 7 nitrogen and oxygen atoms in total. The maximum atomic E-state index is 12.3. The van der Waals surface area contributed by atoms with Gasteiger partial charge in [0.2, 0.25) is 0 Å². The van der Waals surface area contributed by atoms with Crippen molar-refractivity contribution < 1.29 is 14.3 Å². The Labute approximate surface area is 184 Å². The maximum absolute atomic E-state index is 12.3. The molecule has 0 aliphatic rings. The molecule has 4 rings (SSSR count). The van der Waals surface area contributed by atoms with Gasteiger partial charge in [-0.3, -0.25) is 9.89 Å². The summed E-state index contributed by atoms with van der Waals surface area (Å²) in [5, 5.41) is 10.9. The Morgan fingerprint density at radius 2 is 1.56 bits per heavy atom. The van der Waals surface area contributed by atoms with Crippen molar-refractivity contribution in [3.05, 3.63) is 102 Å². The van der Waals surface area contributed by atoms with Crippen LogP contribution in [0.25, 0.3) is 22.4 Å². The molecule has 0 spiro atoms. The van der Waals surface area contributed by atoms with Gasteiger partial charge in [0, 0.05) is 5.56 Å². The molecule has 4 aromatic rings. The summed E-state index contributed by atoms with van der Waals surface area (Å²) in [4.78, 5) is 23.8. The van der Waals surface area contributed by atoms with Crippen LogP contribution >= 0.6 is 0 Å². The molecular formula is C25H20N4O3. The fourth-order valence-electron chi connectivity index (χ4n) is 3.10. The van der Waals surface area contributed by atoms with Gasteiger partial charge in [-0.2, -0.15) is 10.2 Å². The number of carbonyl (C=O) groups excluding carboxylic acids is 2. The van der Waals surface area contributed by atoms with Crippen LogP contribution in [0, 0.1) is 0 Å². The summed E-state index contributed by atoms with van der Waals surface area (Å²) in [7, 11) is 1.33. The third-order valence-electron chi connectivity index (χ3n) is 4.82. The number of carbonyl (C=O) groups is 2. The van der Waals surface area contributed by atoms with Crippen LogP contribution in [0.2, 0.25) is 0 Å². The van der Waals surface area contributed by atoms with Gasteiger partial charge in [-0.15, -0.1) is 0 Å². The van der Waals surface area contributed by atoms with Crippen LogP contribution in [0.5, 0.6) is 0 Å². The lowest BCUT2D eigenvalue weighted by Crippen LogP contribution is -2.18. The van der Waals surface area contributed by atoms with Crippen molar-refractivity contribution in [1.82, 2.24) is 15.6 Å². The summed E-state index contributed by atoms with van der Waals surface area (Å²) in [6.07, 6.45) is 1.48. The second-order valence-electron chi connectivity index (χ2n) is 6.92. The van der Waals surface area contributed by atoms with Crippen LogP contribution in [-0.4, -0.2) is 35.4 Å². The first-order chi connectivity index (χ1) is 15.6. The van der Waals surface area contributed by atoms with Crippen LogP contribution in [0.15, 0.2) is 90.0 Å². The van der Waals surface area contributed by atoms with Gasteiger partial charge in [-0.1, -0.05) is 66.7 Å². The van der Waals surface area contributed by atoms with Gasteiger partial charge in [0.05, 0.1) is 24.6 Å². The predicted molar refractivity (Wildman–Crippen MR) is 122 cm³/mol. The number of methoxy groups -OCH3 is 1. The number of aromatic amines is 1. The van der Waals surface area contributed by atoms with Gasteiger partial charge >= 0.3 is 5.97 Å². The fraction of sp³-hybridized carbons (Fsp3) is 0.0400. The van der Waals surface area contributed by atoms with Gasteiger partial charge < -0.3 is 4.74 Å². The number of ether oxygens (including phenoxy) is 1. The van der Waals surface area contributed by atoms with E-state index in [0.717, 1.165) is 22.3 Å². The number of nitrogens with zero attached hydrogens (tertiary/aromatic N) is 2. The van der Waals surface area contributed by atoms with Crippen LogP contribution in [-0.2, 0) is 4.74 Å². The van der Waals surface area contributed by atoms with Crippen LogP contribution < -0.4 is 5.43 Å². The molecule has 7 heteroatoms. The van der Waals surface area contributed by atoms with Crippen molar-refractivity contribution in [2.45, 2.75) is 0 Å². The molecular weight excluding hydrogens is 404 g/mol.